The van der Waals surface area contributed by atoms with Gasteiger partial charge in [0.15, 0.2) is 5.65 Å². The molecule has 122 valence electrons. The Hall–Kier alpha value is -2.21. The molecule has 3 heterocycles. The molecule has 0 radical (unpaired) electrons. The zero-order valence-electron chi connectivity index (χ0n) is 13.1. The van der Waals surface area contributed by atoms with Crippen LogP contribution in [0, 0.1) is 0 Å². The third-order valence-corrected chi connectivity index (χ3v) is 5.21. The van der Waals surface area contributed by atoms with Gasteiger partial charge in [0.05, 0.1) is 5.56 Å². The number of likely N-dealkylation sites (tertiary alicyclic amines) is 1. The van der Waals surface area contributed by atoms with E-state index >= 15 is 0 Å². The van der Waals surface area contributed by atoms with Gasteiger partial charge in [-0.2, -0.15) is 0 Å². The topological polar surface area (TPSA) is 50.5 Å². The van der Waals surface area contributed by atoms with Crippen LogP contribution in [0.25, 0.3) is 5.65 Å². The molecule has 3 aromatic rings. The van der Waals surface area contributed by atoms with E-state index in [-0.39, 0.29) is 11.8 Å². The van der Waals surface area contributed by atoms with Crippen molar-refractivity contribution in [2.24, 2.45) is 0 Å². The summed E-state index contributed by atoms with van der Waals surface area (Å²) in [4.78, 5) is 14.8. The zero-order chi connectivity index (χ0) is 16.5. The fourth-order valence-electron chi connectivity index (χ4n) is 3.32. The van der Waals surface area contributed by atoms with Crippen LogP contribution in [0.5, 0.6) is 0 Å². The molecule has 1 saturated heterocycles. The first-order valence-electron chi connectivity index (χ1n) is 8.07. The number of halogens is 1. The third kappa shape index (κ3) is 2.71. The molecule has 6 heteroatoms. The summed E-state index contributed by atoms with van der Waals surface area (Å²) in [6.07, 6.45) is 3.98. The van der Waals surface area contributed by atoms with Crippen LogP contribution in [0.1, 0.15) is 34.9 Å². The number of hydrogen-bond donors (Lipinski definition) is 0. The number of fused-ring (bicyclic) bond motifs is 1. The molecule has 0 spiro atoms. The van der Waals surface area contributed by atoms with Crippen molar-refractivity contribution in [1.29, 1.82) is 0 Å². The Kier molecular flexibility index (Phi) is 4.06. The van der Waals surface area contributed by atoms with E-state index in [1.165, 1.54) is 0 Å². The van der Waals surface area contributed by atoms with Crippen molar-refractivity contribution >= 4 is 27.5 Å². The SMILES string of the molecule is O=C(c1ccccc1Br)N1CCCC(c2nnc3ccccn23)C1. The highest BCUT2D eigenvalue weighted by Crippen LogP contribution is 2.28. The van der Waals surface area contributed by atoms with Gasteiger partial charge in [0.2, 0.25) is 0 Å². The van der Waals surface area contributed by atoms with Crippen molar-refractivity contribution in [3.63, 3.8) is 0 Å². The van der Waals surface area contributed by atoms with E-state index in [2.05, 4.69) is 26.1 Å². The summed E-state index contributed by atoms with van der Waals surface area (Å²) in [6, 6.07) is 13.5. The van der Waals surface area contributed by atoms with Gasteiger partial charge in [-0.1, -0.05) is 18.2 Å². The second-order valence-corrected chi connectivity index (χ2v) is 6.91. The predicted octanol–water partition coefficient (Wildman–Crippen LogP) is 3.51. The smallest absolute Gasteiger partial charge is 0.255 e. The quantitative estimate of drug-likeness (QED) is 0.679. The van der Waals surface area contributed by atoms with Crippen molar-refractivity contribution in [3.8, 4) is 0 Å². The summed E-state index contributed by atoms with van der Waals surface area (Å²) >= 11 is 3.48. The molecule has 1 aromatic carbocycles. The highest BCUT2D eigenvalue weighted by Gasteiger charge is 2.28. The lowest BCUT2D eigenvalue weighted by Crippen LogP contribution is -2.39. The Morgan fingerprint density at radius 3 is 2.83 bits per heavy atom. The first kappa shape index (κ1) is 15.3. The number of aromatic nitrogens is 3. The monoisotopic (exact) mass is 384 g/mol. The van der Waals surface area contributed by atoms with E-state index in [0.717, 1.165) is 35.3 Å². The van der Waals surface area contributed by atoms with E-state index in [4.69, 9.17) is 0 Å². The van der Waals surface area contributed by atoms with Crippen molar-refractivity contribution in [3.05, 3.63) is 64.5 Å². The Morgan fingerprint density at radius 2 is 1.96 bits per heavy atom. The van der Waals surface area contributed by atoms with Gasteiger partial charge in [-0.05, 0) is 53.0 Å². The maximum Gasteiger partial charge on any atom is 0.255 e. The minimum atomic E-state index is 0.0704. The third-order valence-electron chi connectivity index (χ3n) is 4.52. The fourth-order valence-corrected chi connectivity index (χ4v) is 3.77. The number of nitrogens with zero attached hydrogens (tertiary/aromatic N) is 4. The van der Waals surface area contributed by atoms with Crippen LogP contribution in [-0.2, 0) is 0 Å². The molecule has 5 nitrogen and oxygen atoms in total. The molecule has 1 aliphatic rings. The van der Waals surface area contributed by atoms with Crippen LogP contribution in [0.4, 0.5) is 0 Å². The summed E-state index contributed by atoms with van der Waals surface area (Å²) in [6.45, 7) is 1.46. The lowest BCUT2D eigenvalue weighted by atomic mass is 9.96. The lowest BCUT2D eigenvalue weighted by Gasteiger charge is -2.32. The summed E-state index contributed by atoms with van der Waals surface area (Å²) in [7, 11) is 0. The highest BCUT2D eigenvalue weighted by molar-refractivity contribution is 9.10. The van der Waals surface area contributed by atoms with Gasteiger partial charge in [-0.3, -0.25) is 9.20 Å². The van der Waals surface area contributed by atoms with Crippen LogP contribution in [-0.4, -0.2) is 38.5 Å². The molecule has 0 N–H and O–H groups in total. The van der Waals surface area contributed by atoms with Gasteiger partial charge in [-0.15, -0.1) is 10.2 Å². The number of pyridine rings is 1. The van der Waals surface area contributed by atoms with Gasteiger partial charge in [0, 0.05) is 29.7 Å². The number of benzene rings is 1. The highest BCUT2D eigenvalue weighted by atomic mass is 79.9. The number of amides is 1. The van der Waals surface area contributed by atoms with Crippen LogP contribution in [0.15, 0.2) is 53.1 Å². The molecule has 1 unspecified atom stereocenters. The van der Waals surface area contributed by atoms with Crippen LogP contribution in [0.3, 0.4) is 0 Å². The number of rotatable bonds is 2. The van der Waals surface area contributed by atoms with E-state index in [0.29, 0.717) is 12.1 Å². The van der Waals surface area contributed by atoms with Crippen molar-refractivity contribution in [2.75, 3.05) is 13.1 Å². The van der Waals surface area contributed by atoms with E-state index in [1.807, 2.05) is 58.0 Å². The molecule has 1 atom stereocenters. The normalized spacial score (nSPS) is 18.0. The number of carbonyl (C=O) groups is 1. The Labute approximate surface area is 148 Å². The molecule has 2 aromatic heterocycles. The van der Waals surface area contributed by atoms with Crippen LogP contribution in [0.2, 0.25) is 0 Å². The first-order chi connectivity index (χ1) is 11.7. The molecular formula is C18H17BrN4O. The molecule has 0 bridgehead atoms. The van der Waals surface area contributed by atoms with Gasteiger partial charge >= 0.3 is 0 Å². The van der Waals surface area contributed by atoms with Gasteiger partial charge in [0.1, 0.15) is 5.82 Å². The predicted molar refractivity (Wildman–Crippen MR) is 95.0 cm³/mol. The van der Waals surface area contributed by atoms with E-state index < -0.39 is 0 Å². The first-order valence-corrected chi connectivity index (χ1v) is 8.87. The van der Waals surface area contributed by atoms with E-state index in [1.54, 1.807) is 0 Å². The lowest BCUT2D eigenvalue weighted by molar-refractivity contribution is 0.0703. The zero-order valence-corrected chi connectivity index (χ0v) is 14.7. The Balaban J connectivity index is 1.60. The average Bonchev–Trinajstić information content (AvgIpc) is 3.06. The van der Waals surface area contributed by atoms with Crippen molar-refractivity contribution in [2.45, 2.75) is 18.8 Å². The molecule has 1 fully saturated rings. The van der Waals surface area contributed by atoms with E-state index in [9.17, 15) is 4.79 Å². The molecule has 0 aliphatic carbocycles. The largest absolute Gasteiger partial charge is 0.338 e. The van der Waals surface area contributed by atoms with Crippen molar-refractivity contribution < 1.29 is 4.79 Å². The van der Waals surface area contributed by atoms with Crippen molar-refractivity contribution in [1.82, 2.24) is 19.5 Å². The Bertz CT molecular complexity index is 891. The second kappa shape index (κ2) is 6.36. The standard InChI is InChI=1S/C18H17BrN4O/c19-15-8-2-1-7-14(15)18(24)22-10-5-6-13(12-22)17-21-20-16-9-3-4-11-23(16)17/h1-4,7-9,11,13H,5-6,10,12H2. The maximum atomic E-state index is 12.9. The van der Waals surface area contributed by atoms with Gasteiger partial charge < -0.3 is 4.90 Å². The number of piperidine rings is 1. The minimum Gasteiger partial charge on any atom is -0.338 e. The average molecular weight is 385 g/mol. The fraction of sp³-hybridized carbons (Fsp3) is 0.278. The number of hydrogen-bond acceptors (Lipinski definition) is 3. The maximum absolute atomic E-state index is 12.9. The molecule has 1 amide bonds. The molecule has 24 heavy (non-hydrogen) atoms. The van der Waals surface area contributed by atoms with Gasteiger partial charge in [0.25, 0.3) is 5.91 Å². The second-order valence-electron chi connectivity index (χ2n) is 6.06. The number of carbonyl (C=O) groups excluding carboxylic acids is 1. The molecule has 1 aliphatic heterocycles. The summed E-state index contributed by atoms with van der Waals surface area (Å²) in [5.74, 6) is 1.22. The van der Waals surface area contributed by atoms with Crippen LogP contribution < -0.4 is 0 Å². The van der Waals surface area contributed by atoms with Crippen LogP contribution >= 0.6 is 15.9 Å². The Morgan fingerprint density at radius 1 is 1.12 bits per heavy atom. The minimum absolute atomic E-state index is 0.0704. The molecular weight excluding hydrogens is 368 g/mol. The summed E-state index contributed by atoms with van der Waals surface area (Å²) < 4.78 is 2.86. The molecule has 4 rings (SSSR count). The summed E-state index contributed by atoms with van der Waals surface area (Å²) in [5, 5.41) is 8.61. The molecule has 0 saturated carbocycles. The summed E-state index contributed by atoms with van der Waals surface area (Å²) in [5.41, 5.74) is 1.56. The van der Waals surface area contributed by atoms with Gasteiger partial charge in [-0.25, -0.2) is 0 Å².